The number of halogens is 1. The number of nitrogens with one attached hydrogen (secondary N) is 1. The second kappa shape index (κ2) is 6.20. The molecule has 1 heterocycles. The van der Waals surface area contributed by atoms with Crippen molar-refractivity contribution in [3.8, 4) is 0 Å². The summed E-state index contributed by atoms with van der Waals surface area (Å²) in [5, 5.41) is 0.980. The molecule has 1 aliphatic carbocycles. The van der Waals surface area contributed by atoms with Gasteiger partial charge in [-0.2, -0.15) is 0 Å². The normalized spacial score (nSPS) is 18.5. The third-order valence-corrected chi connectivity index (χ3v) is 5.57. The molecule has 1 fully saturated rings. The van der Waals surface area contributed by atoms with E-state index in [1.54, 1.807) is 17.4 Å². The Morgan fingerprint density at radius 3 is 2.80 bits per heavy atom. The van der Waals surface area contributed by atoms with Gasteiger partial charge in [0.15, 0.2) is 0 Å². The third-order valence-electron chi connectivity index (χ3n) is 4.34. The molecule has 3 rings (SSSR count). The Labute approximate surface area is 123 Å². The van der Waals surface area contributed by atoms with Crippen LogP contribution in [0.25, 0.3) is 10.1 Å². The van der Waals surface area contributed by atoms with Crippen LogP contribution in [0, 0.1) is 11.7 Å². The first-order valence-electron chi connectivity index (χ1n) is 7.41. The molecule has 1 aromatic carbocycles. The molecule has 1 aromatic heterocycles. The Hall–Kier alpha value is -0.970. The van der Waals surface area contributed by atoms with Crippen molar-refractivity contribution in [2.45, 2.75) is 44.6 Å². The van der Waals surface area contributed by atoms with Gasteiger partial charge in [-0.05, 0) is 42.0 Å². The topological polar surface area (TPSA) is 38.0 Å². The third kappa shape index (κ3) is 3.03. The van der Waals surface area contributed by atoms with Crippen LogP contribution in [0.3, 0.4) is 0 Å². The second-order valence-electron chi connectivity index (χ2n) is 5.79. The molecule has 0 aliphatic heterocycles. The number of hydrogen-bond donors (Lipinski definition) is 2. The van der Waals surface area contributed by atoms with Crippen LogP contribution in [0.4, 0.5) is 4.39 Å². The molecular weight excluding hydrogens is 271 g/mol. The highest BCUT2D eigenvalue weighted by Crippen LogP contribution is 2.36. The van der Waals surface area contributed by atoms with Crippen molar-refractivity contribution >= 4 is 21.4 Å². The summed E-state index contributed by atoms with van der Waals surface area (Å²) >= 11 is 1.72. The fourth-order valence-corrected chi connectivity index (χ4v) is 4.35. The average Bonchev–Trinajstić information content (AvgIpc) is 2.88. The molecule has 0 amide bonds. The summed E-state index contributed by atoms with van der Waals surface area (Å²) in [5.41, 5.74) is 2.96. The molecule has 3 N–H and O–H groups in total. The summed E-state index contributed by atoms with van der Waals surface area (Å²) in [6.45, 7) is 0. The van der Waals surface area contributed by atoms with Gasteiger partial charge in [0, 0.05) is 9.58 Å². The molecular formula is C16H21FN2S. The lowest BCUT2D eigenvalue weighted by molar-refractivity contribution is 0.303. The molecule has 4 heteroatoms. The van der Waals surface area contributed by atoms with Crippen molar-refractivity contribution in [3.63, 3.8) is 0 Å². The van der Waals surface area contributed by atoms with Gasteiger partial charge in [0.25, 0.3) is 0 Å². The molecule has 1 saturated carbocycles. The molecule has 0 radical (unpaired) electrons. The molecule has 20 heavy (non-hydrogen) atoms. The van der Waals surface area contributed by atoms with Crippen LogP contribution in [0.1, 0.15) is 49.4 Å². The van der Waals surface area contributed by atoms with E-state index in [9.17, 15) is 4.39 Å². The fourth-order valence-electron chi connectivity index (χ4n) is 3.23. The van der Waals surface area contributed by atoms with E-state index >= 15 is 0 Å². The van der Waals surface area contributed by atoms with E-state index in [2.05, 4.69) is 11.5 Å². The van der Waals surface area contributed by atoms with Crippen LogP contribution in [0.15, 0.2) is 24.3 Å². The van der Waals surface area contributed by atoms with Crippen molar-refractivity contribution in [1.29, 1.82) is 0 Å². The average molecular weight is 292 g/mol. The van der Waals surface area contributed by atoms with Crippen LogP contribution in [0.5, 0.6) is 0 Å². The van der Waals surface area contributed by atoms with Crippen molar-refractivity contribution < 1.29 is 4.39 Å². The molecule has 1 atom stereocenters. The van der Waals surface area contributed by atoms with Crippen molar-refractivity contribution in [1.82, 2.24) is 5.43 Å². The zero-order valence-corrected chi connectivity index (χ0v) is 12.4. The molecule has 108 valence electrons. The first-order valence-corrected chi connectivity index (χ1v) is 8.23. The highest BCUT2D eigenvalue weighted by Gasteiger charge is 2.21. The molecule has 0 bridgehead atoms. The number of nitrogens with two attached hydrogens (primary N) is 1. The predicted molar refractivity (Wildman–Crippen MR) is 83.0 cm³/mol. The highest BCUT2D eigenvalue weighted by atomic mass is 32.1. The maximum atomic E-state index is 13.3. The first-order chi connectivity index (χ1) is 9.76. The lowest BCUT2D eigenvalue weighted by Crippen LogP contribution is -2.29. The van der Waals surface area contributed by atoms with Crippen LogP contribution in [-0.2, 0) is 0 Å². The zero-order valence-electron chi connectivity index (χ0n) is 11.6. The van der Waals surface area contributed by atoms with Crippen molar-refractivity contribution in [2.24, 2.45) is 11.8 Å². The molecule has 2 aromatic rings. The van der Waals surface area contributed by atoms with Gasteiger partial charge in [0.1, 0.15) is 5.82 Å². The zero-order chi connectivity index (χ0) is 13.9. The number of rotatable bonds is 4. The number of fused-ring (bicyclic) bond motifs is 1. The van der Waals surface area contributed by atoms with Crippen LogP contribution < -0.4 is 11.3 Å². The Kier molecular flexibility index (Phi) is 4.34. The summed E-state index contributed by atoms with van der Waals surface area (Å²) in [5.74, 6) is 6.35. The van der Waals surface area contributed by atoms with Gasteiger partial charge in [-0.15, -0.1) is 11.3 Å². The standard InChI is InChI=1S/C16H21FN2S/c17-13-6-7-15-12(9-13)10-16(20-15)14(19-18)8-11-4-2-1-3-5-11/h6-7,9-11,14,19H,1-5,8,18H2. The molecule has 1 unspecified atom stereocenters. The van der Waals surface area contributed by atoms with E-state index in [-0.39, 0.29) is 11.9 Å². The predicted octanol–water partition coefficient (Wildman–Crippen LogP) is 4.52. The molecule has 0 saturated heterocycles. The van der Waals surface area contributed by atoms with Gasteiger partial charge in [0.05, 0.1) is 6.04 Å². The smallest absolute Gasteiger partial charge is 0.123 e. The minimum atomic E-state index is -0.175. The fraction of sp³-hybridized carbons (Fsp3) is 0.500. The molecule has 0 spiro atoms. The Morgan fingerprint density at radius 1 is 1.25 bits per heavy atom. The monoisotopic (exact) mass is 292 g/mol. The van der Waals surface area contributed by atoms with Crippen molar-refractivity contribution in [2.75, 3.05) is 0 Å². The van der Waals surface area contributed by atoms with E-state index in [0.29, 0.717) is 0 Å². The number of thiophene rings is 1. The van der Waals surface area contributed by atoms with Crippen molar-refractivity contribution in [3.05, 3.63) is 35.0 Å². The number of hydrazine groups is 1. The largest absolute Gasteiger partial charge is 0.271 e. The first kappa shape index (κ1) is 14.0. The minimum Gasteiger partial charge on any atom is -0.271 e. The Balaban J connectivity index is 1.79. The summed E-state index contributed by atoms with van der Waals surface area (Å²) in [4.78, 5) is 1.22. The number of benzene rings is 1. The van der Waals surface area contributed by atoms with Gasteiger partial charge in [-0.1, -0.05) is 32.1 Å². The van der Waals surface area contributed by atoms with Gasteiger partial charge in [0.2, 0.25) is 0 Å². The summed E-state index contributed by atoms with van der Waals surface area (Å²) in [7, 11) is 0. The van der Waals surface area contributed by atoms with Gasteiger partial charge in [-0.3, -0.25) is 11.3 Å². The SMILES string of the molecule is NNC(CC1CCCCC1)c1cc2cc(F)ccc2s1. The maximum absolute atomic E-state index is 13.3. The quantitative estimate of drug-likeness (QED) is 0.642. The maximum Gasteiger partial charge on any atom is 0.123 e. The molecule has 2 nitrogen and oxygen atoms in total. The van der Waals surface area contributed by atoms with E-state index in [4.69, 9.17) is 5.84 Å². The summed E-state index contributed by atoms with van der Waals surface area (Å²) < 4.78 is 14.4. The highest BCUT2D eigenvalue weighted by molar-refractivity contribution is 7.19. The van der Waals surface area contributed by atoms with E-state index < -0.39 is 0 Å². The number of hydrogen-bond acceptors (Lipinski definition) is 3. The van der Waals surface area contributed by atoms with Gasteiger partial charge < -0.3 is 0 Å². The Morgan fingerprint density at radius 2 is 2.05 bits per heavy atom. The lowest BCUT2D eigenvalue weighted by Gasteiger charge is -2.25. The molecule has 1 aliphatic rings. The van der Waals surface area contributed by atoms with Crippen LogP contribution in [-0.4, -0.2) is 0 Å². The minimum absolute atomic E-state index is 0.175. The van der Waals surface area contributed by atoms with Crippen LogP contribution in [0.2, 0.25) is 0 Å². The van der Waals surface area contributed by atoms with Gasteiger partial charge >= 0.3 is 0 Å². The summed E-state index contributed by atoms with van der Waals surface area (Å²) in [6, 6.07) is 7.25. The van der Waals surface area contributed by atoms with Crippen LogP contribution >= 0.6 is 11.3 Å². The van der Waals surface area contributed by atoms with E-state index in [0.717, 1.165) is 22.4 Å². The Bertz CT molecular complexity index is 575. The second-order valence-corrected chi connectivity index (χ2v) is 6.91. The van der Waals surface area contributed by atoms with Gasteiger partial charge in [-0.25, -0.2) is 4.39 Å². The lowest BCUT2D eigenvalue weighted by atomic mass is 9.84. The summed E-state index contributed by atoms with van der Waals surface area (Å²) in [6.07, 6.45) is 7.79. The van der Waals surface area contributed by atoms with E-state index in [1.807, 2.05) is 6.07 Å². The van der Waals surface area contributed by atoms with E-state index in [1.165, 1.54) is 43.0 Å².